The third-order valence-electron chi connectivity index (χ3n) is 3.95. The zero-order valence-electron chi connectivity index (χ0n) is 15.1. The van der Waals surface area contributed by atoms with Crippen molar-refractivity contribution >= 4 is 29.6 Å². The van der Waals surface area contributed by atoms with Crippen LogP contribution >= 0.6 is 11.6 Å². The van der Waals surface area contributed by atoms with Crippen LogP contribution in [-0.2, 0) is 9.59 Å². The highest BCUT2D eigenvalue weighted by atomic mass is 35.5. The average molecular weight is 396 g/mol. The summed E-state index contributed by atoms with van der Waals surface area (Å²) in [5.74, 6) is -0.591. The van der Waals surface area contributed by atoms with Gasteiger partial charge in [0.25, 0.3) is 0 Å². The van der Waals surface area contributed by atoms with E-state index in [4.69, 9.17) is 16.0 Å². The number of benzene rings is 2. The molecule has 0 fully saturated rings. The Labute approximate surface area is 167 Å². The number of furan rings is 1. The molecule has 0 aliphatic carbocycles. The molecule has 0 aliphatic rings. The molecule has 0 radical (unpaired) electrons. The van der Waals surface area contributed by atoms with Gasteiger partial charge in [-0.2, -0.15) is 5.10 Å². The van der Waals surface area contributed by atoms with Crippen LogP contribution in [0.2, 0.25) is 5.02 Å². The third-order valence-corrected chi connectivity index (χ3v) is 4.18. The highest BCUT2D eigenvalue weighted by molar-refractivity contribution is 6.35. The lowest BCUT2D eigenvalue weighted by atomic mass is 10.1. The van der Waals surface area contributed by atoms with Crippen molar-refractivity contribution in [3.63, 3.8) is 0 Å². The topological polar surface area (TPSA) is 83.7 Å². The Hall–Kier alpha value is -3.38. The molecule has 2 amide bonds. The second-order valence-electron chi connectivity index (χ2n) is 6.02. The number of hydrazone groups is 1. The number of nitrogens with zero attached hydrogens (tertiary/aromatic N) is 1. The minimum Gasteiger partial charge on any atom is -0.455 e. The largest absolute Gasteiger partial charge is 0.455 e. The molecule has 2 aromatic carbocycles. The molecule has 1 aromatic heterocycles. The summed E-state index contributed by atoms with van der Waals surface area (Å²) in [5.41, 5.74) is 3.91. The Balaban J connectivity index is 1.54. The SMILES string of the molecule is C[C@H](NC(=O)C(=O)N/N=C/c1ccc(-c2cccc(Cl)c2)o1)c1ccccc1. The lowest BCUT2D eigenvalue weighted by molar-refractivity contribution is -0.139. The monoisotopic (exact) mass is 395 g/mol. The Morgan fingerprint density at radius 3 is 2.57 bits per heavy atom. The number of hydrogen-bond acceptors (Lipinski definition) is 4. The second-order valence-corrected chi connectivity index (χ2v) is 6.45. The maximum Gasteiger partial charge on any atom is 0.329 e. The van der Waals surface area contributed by atoms with Crippen LogP contribution in [0.5, 0.6) is 0 Å². The zero-order valence-corrected chi connectivity index (χ0v) is 15.8. The molecule has 0 saturated carbocycles. The quantitative estimate of drug-likeness (QED) is 0.390. The van der Waals surface area contributed by atoms with E-state index in [-0.39, 0.29) is 6.04 Å². The predicted octanol–water partition coefficient (Wildman–Crippen LogP) is 3.93. The molecule has 0 spiro atoms. The fourth-order valence-corrected chi connectivity index (χ4v) is 2.70. The van der Waals surface area contributed by atoms with Crippen LogP contribution in [0.15, 0.2) is 76.2 Å². The van der Waals surface area contributed by atoms with Crippen molar-refractivity contribution in [1.29, 1.82) is 0 Å². The fourth-order valence-electron chi connectivity index (χ4n) is 2.51. The molecular formula is C21H18ClN3O3. The van der Waals surface area contributed by atoms with E-state index in [2.05, 4.69) is 15.8 Å². The number of nitrogens with one attached hydrogen (secondary N) is 2. The molecule has 6 nitrogen and oxygen atoms in total. The van der Waals surface area contributed by atoms with Crippen LogP contribution < -0.4 is 10.7 Å². The molecule has 142 valence electrons. The van der Waals surface area contributed by atoms with Gasteiger partial charge in [0.05, 0.1) is 12.3 Å². The van der Waals surface area contributed by atoms with E-state index in [9.17, 15) is 9.59 Å². The van der Waals surface area contributed by atoms with Gasteiger partial charge in [0.1, 0.15) is 11.5 Å². The molecule has 1 heterocycles. The van der Waals surface area contributed by atoms with E-state index in [0.29, 0.717) is 16.5 Å². The van der Waals surface area contributed by atoms with Gasteiger partial charge in [0, 0.05) is 10.6 Å². The highest BCUT2D eigenvalue weighted by Crippen LogP contribution is 2.24. The van der Waals surface area contributed by atoms with Crippen molar-refractivity contribution in [1.82, 2.24) is 10.7 Å². The molecule has 1 atom stereocenters. The number of rotatable bonds is 5. The highest BCUT2D eigenvalue weighted by Gasteiger charge is 2.16. The molecule has 0 aliphatic heterocycles. The van der Waals surface area contributed by atoms with E-state index in [0.717, 1.165) is 11.1 Å². The number of amides is 2. The summed E-state index contributed by atoms with van der Waals surface area (Å²) in [5, 5.41) is 6.98. The fraction of sp³-hybridized carbons (Fsp3) is 0.0952. The van der Waals surface area contributed by atoms with Crippen molar-refractivity contribution in [3.8, 4) is 11.3 Å². The smallest absolute Gasteiger partial charge is 0.329 e. The molecular weight excluding hydrogens is 378 g/mol. The van der Waals surface area contributed by atoms with E-state index in [1.807, 2.05) is 42.5 Å². The number of hydrogen-bond donors (Lipinski definition) is 2. The normalized spacial score (nSPS) is 11.9. The lowest BCUT2D eigenvalue weighted by Gasteiger charge is -2.13. The first-order chi connectivity index (χ1) is 13.5. The van der Waals surface area contributed by atoms with Crippen molar-refractivity contribution in [2.24, 2.45) is 5.10 Å². The van der Waals surface area contributed by atoms with E-state index in [1.54, 1.807) is 31.2 Å². The summed E-state index contributed by atoms with van der Waals surface area (Å²) in [6.07, 6.45) is 1.32. The van der Waals surface area contributed by atoms with Gasteiger partial charge in [-0.05, 0) is 36.8 Å². The molecule has 7 heteroatoms. The van der Waals surface area contributed by atoms with Gasteiger partial charge in [-0.3, -0.25) is 9.59 Å². The van der Waals surface area contributed by atoms with Gasteiger partial charge in [0.15, 0.2) is 0 Å². The van der Waals surface area contributed by atoms with Crippen LogP contribution in [0.25, 0.3) is 11.3 Å². The van der Waals surface area contributed by atoms with Crippen molar-refractivity contribution in [2.45, 2.75) is 13.0 Å². The van der Waals surface area contributed by atoms with Crippen molar-refractivity contribution in [2.75, 3.05) is 0 Å². The molecule has 2 N–H and O–H groups in total. The van der Waals surface area contributed by atoms with Crippen molar-refractivity contribution < 1.29 is 14.0 Å². The van der Waals surface area contributed by atoms with Gasteiger partial charge in [-0.15, -0.1) is 0 Å². The summed E-state index contributed by atoms with van der Waals surface area (Å²) in [7, 11) is 0. The summed E-state index contributed by atoms with van der Waals surface area (Å²) in [6.45, 7) is 1.80. The maximum absolute atomic E-state index is 12.0. The molecule has 0 unspecified atom stereocenters. The lowest BCUT2D eigenvalue weighted by Crippen LogP contribution is -2.39. The summed E-state index contributed by atoms with van der Waals surface area (Å²) >= 11 is 5.97. The number of carbonyl (C=O) groups is 2. The Morgan fingerprint density at radius 2 is 1.82 bits per heavy atom. The van der Waals surface area contributed by atoms with E-state index >= 15 is 0 Å². The van der Waals surface area contributed by atoms with E-state index in [1.165, 1.54) is 6.21 Å². The average Bonchev–Trinajstić information content (AvgIpc) is 3.17. The number of halogens is 1. The Bertz CT molecular complexity index is 999. The minimum atomic E-state index is -0.861. The van der Waals surface area contributed by atoms with Crippen LogP contribution in [0.4, 0.5) is 0 Å². The van der Waals surface area contributed by atoms with Crippen LogP contribution in [0.3, 0.4) is 0 Å². The first kappa shape index (κ1) is 19.4. The first-order valence-electron chi connectivity index (χ1n) is 8.57. The number of carbonyl (C=O) groups excluding carboxylic acids is 2. The third kappa shape index (κ3) is 5.08. The zero-order chi connectivity index (χ0) is 19.9. The molecule has 3 aromatic rings. The van der Waals surface area contributed by atoms with Gasteiger partial charge < -0.3 is 9.73 Å². The van der Waals surface area contributed by atoms with Gasteiger partial charge in [-0.25, -0.2) is 5.43 Å². The van der Waals surface area contributed by atoms with Gasteiger partial charge in [0.2, 0.25) is 0 Å². The van der Waals surface area contributed by atoms with Gasteiger partial charge >= 0.3 is 11.8 Å². The standard InChI is InChI=1S/C21H18ClN3O3/c1-14(15-6-3-2-4-7-15)24-20(26)21(27)25-23-13-18-10-11-19(28-18)16-8-5-9-17(22)12-16/h2-14H,1H3,(H,24,26)(H,25,27)/b23-13+/t14-/m0/s1. The summed E-state index contributed by atoms with van der Waals surface area (Å²) in [4.78, 5) is 23.8. The Kier molecular flexibility index (Phi) is 6.24. The van der Waals surface area contributed by atoms with Crippen LogP contribution in [0.1, 0.15) is 24.3 Å². The summed E-state index contributed by atoms with van der Waals surface area (Å²) < 4.78 is 5.63. The maximum atomic E-state index is 12.0. The summed E-state index contributed by atoms with van der Waals surface area (Å²) in [6, 6.07) is 19.8. The van der Waals surface area contributed by atoms with Crippen LogP contribution in [-0.4, -0.2) is 18.0 Å². The first-order valence-corrected chi connectivity index (χ1v) is 8.95. The van der Waals surface area contributed by atoms with E-state index < -0.39 is 11.8 Å². The molecule has 3 rings (SSSR count). The molecule has 0 bridgehead atoms. The Morgan fingerprint density at radius 1 is 1.04 bits per heavy atom. The second kappa shape index (κ2) is 9.01. The predicted molar refractivity (Wildman–Crippen MR) is 108 cm³/mol. The molecule has 0 saturated heterocycles. The van der Waals surface area contributed by atoms with Crippen LogP contribution in [0, 0.1) is 0 Å². The molecule has 28 heavy (non-hydrogen) atoms. The minimum absolute atomic E-state index is 0.297. The van der Waals surface area contributed by atoms with Crippen molar-refractivity contribution in [3.05, 3.63) is 83.1 Å². The van der Waals surface area contributed by atoms with Gasteiger partial charge in [-0.1, -0.05) is 54.1 Å².